The predicted molar refractivity (Wildman–Crippen MR) is 156 cm³/mol. The van der Waals surface area contributed by atoms with Crippen molar-refractivity contribution >= 4 is 35.0 Å². The summed E-state index contributed by atoms with van der Waals surface area (Å²) < 4.78 is 7.55. The van der Waals surface area contributed by atoms with Crippen LogP contribution >= 0.6 is 23.2 Å². The molecule has 2 atom stereocenters. The van der Waals surface area contributed by atoms with Crippen molar-refractivity contribution in [1.82, 2.24) is 25.0 Å². The number of rotatable bonds is 5. The molecule has 3 aliphatic rings. The number of halogens is 2. The molecule has 11 heteroatoms. The Labute approximate surface area is 246 Å². The SMILES string of the molecule is COc1cc2c(cc1-c1cncc(C(N)=O)c1)-c1c(c(C(=O)N3C4CNCC3C4)nn1-c1cc(Cl)cc(Cl)c1)CC2. The number of hydrogen-bond acceptors (Lipinski definition) is 6. The van der Waals surface area contributed by atoms with E-state index < -0.39 is 5.91 Å². The van der Waals surface area contributed by atoms with E-state index in [4.69, 9.17) is 38.8 Å². The third-order valence-corrected chi connectivity index (χ3v) is 8.70. The summed E-state index contributed by atoms with van der Waals surface area (Å²) in [6.07, 6.45) is 5.46. The van der Waals surface area contributed by atoms with E-state index in [1.54, 1.807) is 42.3 Å². The number of pyridine rings is 1. The molecule has 2 saturated heterocycles. The van der Waals surface area contributed by atoms with Gasteiger partial charge in [-0.15, -0.1) is 0 Å². The van der Waals surface area contributed by atoms with Gasteiger partial charge in [0, 0.05) is 69.9 Å². The fourth-order valence-corrected chi connectivity index (χ4v) is 6.86. The minimum atomic E-state index is -0.566. The van der Waals surface area contributed by atoms with Gasteiger partial charge in [-0.25, -0.2) is 4.68 Å². The van der Waals surface area contributed by atoms with Crippen LogP contribution in [0, 0.1) is 0 Å². The summed E-state index contributed by atoms with van der Waals surface area (Å²) in [6.45, 7) is 1.58. The Hall–Kier alpha value is -3.92. The number of benzene rings is 2. The number of carbonyl (C=O) groups is 2. The molecule has 3 N–H and O–H groups in total. The molecule has 0 saturated carbocycles. The zero-order valence-electron chi connectivity index (χ0n) is 22.2. The number of nitrogens with one attached hydrogen (secondary N) is 1. The third-order valence-electron chi connectivity index (χ3n) is 8.26. The molecule has 9 nitrogen and oxygen atoms in total. The normalized spacial score (nSPS) is 18.8. The quantitative estimate of drug-likeness (QED) is 0.359. The summed E-state index contributed by atoms with van der Waals surface area (Å²) in [5, 5.41) is 9.26. The van der Waals surface area contributed by atoms with Crippen LogP contribution in [0.3, 0.4) is 0 Å². The molecule has 2 aromatic heterocycles. The smallest absolute Gasteiger partial charge is 0.275 e. The Balaban J connectivity index is 1.44. The summed E-state index contributed by atoms with van der Waals surface area (Å²) in [6, 6.07) is 11.3. The minimum Gasteiger partial charge on any atom is -0.496 e. The van der Waals surface area contributed by atoms with Crippen molar-refractivity contribution in [3.8, 4) is 33.8 Å². The highest BCUT2D eigenvalue weighted by Gasteiger charge is 2.46. The Bertz CT molecular complexity index is 1720. The van der Waals surface area contributed by atoms with Gasteiger partial charge in [0.1, 0.15) is 5.75 Å². The molecular formula is C30H26Cl2N6O3. The van der Waals surface area contributed by atoms with Crippen LogP contribution < -0.4 is 15.8 Å². The maximum absolute atomic E-state index is 14.0. The number of methoxy groups -OCH3 is 1. The van der Waals surface area contributed by atoms with Crippen LogP contribution in [0.25, 0.3) is 28.1 Å². The maximum Gasteiger partial charge on any atom is 0.275 e. The van der Waals surface area contributed by atoms with Gasteiger partial charge in [0.25, 0.3) is 5.91 Å². The van der Waals surface area contributed by atoms with Gasteiger partial charge in [-0.05, 0) is 61.2 Å². The lowest BCUT2D eigenvalue weighted by molar-refractivity contribution is -0.00279. The molecule has 2 bridgehead atoms. The van der Waals surface area contributed by atoms with Gasteiger partial charge in [0.05, 0.1) is 24.1 Å². The molecule has 1 aliphatic carbocycles. The van der Waals surface area contributed by atoms with Gasteiger partial charge in [0.2, 0.25) is 5.91 Å². The molecule has 208 valence electrons. The fourth-order valence-electron chi connectivity index (χ4n) is 6.34. The summed E-state index contributed by atoms with van der Waals surface area (Å²) >= 11 is 12.8. The number of carbonyl (C=O) groups excluding carboxylic acids is 2. The van der Waals surface area contributed by atoms with Crippen molar-refractivity contribution in [2.75, 3.05) is 20.2 Å². The number of amides is 2. The van der Waals surface area contributed by atoms with Crippen molar-refractivity contribution in [3.63, 3.8) is 0 Å². The summed E-state index contributed by atoms with van der Waals surface area (Å²) in [4.78, 5) is 32.1. The number of hydrogen-bond donors (Lipinski definition) is 2. The van der Waals surface area contributed by atoms with Crippen molar-refractivity contribution in [2.24, 2.45) is 5.73 Å². The van der Waals surface area contributed by atoms with E-state index in [1.165, 1.54) is 6.20 Å². The molecule has 41 heavy (non-hydrogen) atoms. The van der Waals surface area contributed by atoms with E-state index in [-0.39, 0.29) is 18.0 Å². The first kappa shape index (κ1) is 26.0. The number of nitrogens with zero attached hydrogens (tertiary/aromatic N) is 4. The number of aryl methyl sites for hydroxylation is 1. The average molecular weight is 589 g/mol. The second-order valence-corrected chi connectivity index (χ2v) is 11.5. The molecule has 2 aliphatic heterocycles. The zero-order chi connectivity index (χ0) is 28.4. The molecule has 2 aromatic carbocycles. The van der Waals surface area contributed by atoms with Gasteiger partial charge in [0.15, 0.2) is 5.69 Å². The first-order chi connectivity index (χ1) is 19.8. The van der Waals surface area contributed by atoms with Crippen molar-refractivity contribution in [2.45, 2.75) is 31.3 Å². The summed E-state index contributed by atoms with van der Waals surface area (Å²) in [7, 11) is 1.61. The highest BCUT2D eigenvalue weighted by atomic mass is 35.5. The lowest BCUT2D eigenvalue weighted by Crippen LogP contribution is -2.69. The van der Waals surface area contributed by atoms with Gasteiger partial charge in [-0.3, -0.25) is 14.6 Å². The molecule has 2 fully saturated rings. The Kier molecular flexibility index (Phi) is 6.26. The molecule has 0 radical (unpaired) electrons. The van der Waals surface area contributed by atoms with Crippen LogP contribution in [-0.4, -0.2) is 63.8 Å². The van der Waals surface area contributed by atoms with Crippen LogP contribution in [0.4, 0.5) is 0 Å². The number of piperazine rings is 1. The number of ether oxygens (including phenoxy) is 1. The van der Waals surface area contributed by atoms with E-state index >= 15 is 0 Å². The maximum atomic E-state index is 14.0. The molecule has 4 aromatic rings. The Morgan fingerprint density at radius 2 is 1.76 bits per heavy atom. The van der Waals surface area contributed by atoms with Crippen LogP contribution in [0.5, 0.6) is 5.75 Å². The van der Waals surface area contributed by atoms with Crippen LogP contribution in [0.1, 0.15) is 38.4 Å². The topological polar surface area (TPSA) is 115 Å². The van der Waals surface area contributed by atoms with E-state index in [9.17, 15) is 9.59 Å². The Morgan fingerprint density at radius 1 is 1.00 bits per heavy atom. The number of piperidine rings is 1. The van der Waals surface area contributed by atoms with Gasteiger partial charge < -0.3 is 20.7 Å². The molecule has 4 heterocycles. The molecular weight excluding hydrogens is 563 g/mol. The highest BCUT2D eigenvalue weighted by molar-refractivity contribution is 6.34. The highest BCUT2D eigenvalue weighted by Crippen LogP contribution is 2.44. The van der Waals surface area contributed by atoms with E-state index in [0.717, 1.165) is 47.5 Å². The van der Waals surface area contributed by atoms with E-state index in [0.29, 0.717) is 51.1 Å². The lowest BCUT2D eigenvalue weighted by atomic mass is 9.84. The average Bonchev–Trinajstić information content (AvgIpc) is 3.36. The van der Waals surface area contributed by atoms with Gasteiger partial charge in [-0.2, -0.15) is 5.10 Å². The standard InChI is InChI=1S/C30H26Cl2N6O3/c1-41-26-5-15-2-3-23-27(30(40)37-21-9-22(37)14-35-13-21)36-38(20-7-18(31)6-19(32)8-20)28(23)25(15)10-24(26)16-4-17(29(33)39)12-34-11-16/h4-8,10-12,21-22,35H,2-3,9,13-14H2,1H3,(H2,33,39). The third kappa shape index (κ3) is 4.27. The van der Waals surface area contributed by atoms with Crippen LogP contribution in [-0.2, 0) is 12.8 Å². The van der Waals surface area contributed by atoms with Crippen LogP contribution in [0.15, 0.2) is 48.8 Å². The molecule has 7 rings (SSSR count). The second-order valence-electron chi connectivity index (χ2n) is 10.7. The van der Waals surface area contributed by atoms with Crippen molar-refractivity contribution in [3.05, 3.63) is 81.2 Å². The van der Waals surface area contributed by atoms with Gasteiger partial charge >= 0.3 is 0 Å². The van der Waals surface area contributed by atoms with Crippen molar-refractivity contribution in [1.29, 1.82) is 0 Å². The van der Waals surface area contributed by atoms with Crippen LogP contribution in [0.2, 0.25) is 10.0 Å². The summed E-state index contributed by atoms with van der Waals surface area (Å²) in [5.41, 5.74) is 12.0. The predicted octanol–water partition coefficient (Wildman–Crippen LogP) is 4.30. The van der Waals surface area contributed by atoms with E-state index in [2.05, 4.69) is 10.3 Å². The first-order valence-electron chi connectivity index (χ1n) is 13.4. The Morgan fingerprint density at radius 3 is 2.44 bits per heavy atom. The van der Waals surface area contributed by atoms with E-state index in [1.807, 2.05) is 17.0 Å². The lowest BCUT2D eigenvalue weighted by Gasteiger charge is -2.52. The van der Waals surface area contributed by atoms with Crippen molar-refractivity contribution < 1.29 is 14.3 Å². The molecule has 0 spiro atoms. The molecule has 2 unspecified atom stereocenters. The number of aromatic nitrogens is 3. The largest absolute Gasteiger partial charge is 0.496 e. The number of nitrogens with two attached hydrogens (primary N) is 1. The van der Waals surface area contributed by atoms with Gasteiger partial charge in [-0.1, -0.05) is 23.2 Å². The fraction of sp³-hybridized carbons (Fsp3) is 0.267. The second kappa shape index (κ2) is 9.87. The summed E-state index contributed by atoms with van der Waals surface area (Å²) in [5.74, 6) is 0.0275. The first-order valence-corrected chi connectivity index (χ1v) is 14.2. The number of primary amides is 1. The minimum absolute atomic E-state index is 0.0496. The zero-order valence-corrected chi connectivity index (χ0v) is 23.7. The monoisotopic (exact) mass is 588 g/mol. The molecule has 2 amide bonds. The number of fused-ring (bicyclic) bond motifs is 5.